The van der Waals surface area contributed by atoms with Gasteiger partial charge in [0.2, 0.25) is 0 Å². The van der Waals surface area contributed by atoms with Crippen LogP contribution in [0.5, 0.6) is 0 Å². The number of hydrogen-bond donors (Lipinski definition) is 2. The van der Waals surface area contributed by atoms with Gasteiger partial charge in [0.1, 0.15) is 11.7 Å². The van der Waals surface area contributed by atoms with Crippen molar-refractivity contribution in [1.29, 1.82) is 5.41 Å². The quantitative estimate of drug-likeness (QED) is 0.430. The summed E-state index contributed by atoms with van der Waals surface area (Å²) < 4.78 is 19.4. The SMILES string of the molecule is CCOCCN(CC)Cc1cccc(C(=N)N)c1F. The molecule has 1 aromatic carbocycles. The average molecular weight is 267 g/mol. The minimum absolute atomic E-state index is 0.165. The molecule has 3 N–H and O–H groups in total. The number of nitrogens with zero attached hydrogens (tertiary/aromatic N) is 1. The van der Waals surface area contributed by atoms with Gasteiger partial charge >= 0.3 is 0 Å². The summed E-state index contributed by atoms with van der Waals surface area (Å²) in [5.41, 5.74) is 6.08. The Kier molecular flexibility index (Phi) is 6.45. The second kappa shape index (κ2) is 7.86. The van der Waals surface area contributed by atoms with Gasteiger partial charge in [-0.1, -0.05) is 19.1 Å². The monoisotopic (exact) mass is 267 g/mol. The molecule has 0 aromatic heterocycles. The molecule has 0 unspecified atom stereocenters. The summed E-state index contributed by atoms with van der Waals surface area (Å²) in [5, 5.41) is 7.34. The summed E-state index contributed by atoms with van der Waals surface area (Å²) in [6, 6.07) is 4.98. The second-order valence-corrected chi connectivity index (χ2v) is 4.26. The molecular formula is C14H22FN3O. The Morgan fingerprint density at radius 3 is 2.74 bits per heavy atom. The van der Waals surface area contributed by atoms with Crippen LogP contribution in [0.25, 0.3) is 0 Å². The molecule has 1 aromatic rings. The molecule has 0 amide bonds. The van der Waals surface area contributed by atoms with Crippen molar-refractivity contribution >= 4 is 5.84 Å². The Morgan fingerprint density at radius 2 is 2.16 bits per heavy atom. The lowest BCUT2D eigenvalue weighted by molar-refractivity contribution is 0.112. The molecule has 0 aliphatic rings. The summed E-state index contributed by atoms with van der Waals surface area (Å²) in [6.07, 6.45) is 0. The second-order valence-electron chi connectivity index (χ2n) is 4.26. The Morgan fingerprint density at radius 1 is 1.42 bits per heavy atom. The number of halogens is 1. The van der Waals surface area contributed by atoms with Crippen molar-refractivity contribution < 1.29 is 9.13 Å². The minimum atomic E-state index is -0.398. The van der Waals surface area contributed by atoms with Gasteiger partial charge in [0, 0.05) is 25.3 Å². The molecule has 0 bridgehead atoms. The van der Waals surface area contributed by atoms with E-state index in [1.54, 1.807) is 12.1 Å². The Bertz CT molecular complexity index is 423. The third-order valence-electron chi connectivity index (χ3n) is 2.97. The maximum absolute atomic E-state index is 14.1. The number of hydrogen-bond acceptors (Lipinski definition) is 3. The zero-order valence-electron chi connectivity index (χ0n) is 11.6. The van der Waals surface area contributed by atoms with Gasteiger partial charge < -0.3 is 10.5 Å². The first-order valence-electron chi connectivity index (χ1n) is 6.52. The maximum atomic E-state index is 14.1. The highest BCUT2D eigenvalue weighted by Crippen LogP contribution is 2.14. The number of benzene rings is 1. The third-order valence-corrected chi connectivity index (χ3v) is 2.97. The van der Waals surface area contributed by atoms with Gasteiger partial charge in [0.15, 0.2) is 0 Å². The van der Waals surface area contributed by atoms with Crippen LogP contribution in [0.15, 0.2) is 18.2 Å². The highest BCUT2D eigenvalue weighted by atomic mass is 19.1. The van der Waals surface area contributed by atoms with E-state index in [9.17, 15) is 4.39 Å². The molecule has 0 radical (unpaired) electrons. The van der Waals surface area contributed by atoms with E-state index < -0.39 is 5.82 Å². The van der Waals surface area contributed by atoms with Crippen molar-refractivity contribution in [3.8, 4) is 0 Å². The number of nitrogens with one attached hydrogen (secondary N) is 1. The predicted molar refractivity (Wildman–Crippen MR) is 74.9 cm³/mol. The highest BCUT2D eigenvalue weighted by molar-refractivity contribution is 5.95. The molecule has 0 atom stereocenters. The van der Waals surface area contributed by atoms with Crippen LogP contribution in [0.3, 0.4) is 0 Å². The van der Waals surface area contributed by atoms with Crippen LogP contribution < -0.4 is 5.73 Å². The summed E-state index contributed by atoms with van der Waals surface area (Å²) in [7, 11) is 0. The first kappa shape index (κ1) is 15.6. The molecule has 0 spiro atoms. The molecule has 0 heterocycles. The predicted octanol–water partition coefficient (Wildman–Crippen LogP) is 1.97. The summed E-state index contributed by atoms with van der Waals surface area (Å²) in [5.74, 6) is -0.637. The smallest absolute Gasteiger partial charge is 0.138 e. The average Bonchev–Trinajstić information content (AvgIpc) is 2.39. The first-order valence-corrected chi connectivity index (χ1v) is 6.52. The summed E-state index contributed by atoms with van der Waals surface area (Å²) in [6.45, 7) is 7.37. The summed E-state index contributed by atoms with van der Waals surface area (Å²) in [4.78, 5) is 2.10. The van der Waals surface area contributed by atoms with E-state index >= 15 is 0 Å². The van der Waals surface area contributed by atoms with Crippen LogP contribution in [0.4, 0.5) is 4.39 Å². The van der Waals surface area contributed by atoms with Crippen LogP contribution in [0.2, 0.25) is 0 Å². The standard InChI is InChI=1S/C14H22FN3O/c1-3-18(8-9-19-4-2)10-11-6-5-7-12(13(11)15)14(16)17/h5-7H,3-4,8-10H2,1-2H3,(H3,16,17). The Labute approximate surface area is 113 Å². The number of ether oxygens (including phenoxy) is 1. The maximum Gasteiger partial charge on any atom is 0.138 e. The molecule has 5 heteroatoms. The number of amidine groups is 1. The fourth-order valence-electron chi connectivity index (χ4n) is 1.84. The van der Waals surface area contributed by atoms with Crippen molar-refractivity contribution in [2.75, 3.05) is 26.3 Å². The van der Waals surface area contributed by atoms with E-state index in [4.69, 9.17) is 15.9 Å². The lowest BCUT2D eigenvalue weighted by Gasteiger charge is -2.21. The zero-order chi connectivity index (χ0) is 14.3. The molecule has 4 nitrogen and oxygen atoms in total. The van der Waals surface area contributed by atoms with Crippen LogP contribution in [-0.2, 0) is 11.3 Å². The van der Waals surface area contributed by atoms with Crippen LogP contribution in [-0.4, -0.2) is 37.0 Å². The molecule has 1 rings (SSSR count). The first-order chi connectivity index (χ1) is 9.10. The molecule has 0 aliphatic carbocycles. The van der Waals surface area contributed by atoms with Crippen molar-refractivity contribution in [3.63, 3.8) is 0 Å². The molecule has 0 fully saturated rings. The number of nitrogens with two attached hydrogens (primary N) is 1. The Balaban J connectivity index is 2.74. The van der Waals surface area contributed by atoms with Crippen LogP contribution in [0, 0.1) is 11.2 Å². The third kappa shape index (κ3) is 4.61. The molecule has 106 valence electrons. The van der Waals surface area contributed by atoms with E-state index in [-0.39, 0.29) is 11.4 Å². The molecule has 19 heavy (non-hydrogen) atoms. The Hall–Kier alpha value is -1.46. The normalized spacial score (nSPS) is 10.9. The van der Waals surface area contributed by atoms with E-state index in [1.165, 1.54) is 6.07 Å². The van der Waals surface area contributed by atoms with Gasteiger partial charge in [-0.05, 0) is 19.5 Å². The van der Waals surface area contributed by atoms with Gasteiger partial charge in [-0.15, -0.1) is 0 Å². The van der Waals surface area contributed by atoms with Gasteiger partial charge in [-0.3, -0.25) is 10.3 Å². The van der Waals surface area contributed by atoms with Crippen molar-refractivity contribution in [2.24, 2.45) is 5.73 Å². The van der Waals surface area contributed by atoms with Crippen LogP contribution >= 0.6 is 0 Å². The fraction of sp³-hybridized carbons (Fsp3) is 0.500. The van der Waals surface area contributed by atoms with Crippen molar-refractivity contribution in [1.82, 2.24) is 4.90 Å². The fourth-order valence-corrected chi connectivity index (χ4v) is 1.84. The van der Waals surface area contributed by atoms with Gasteiger partial charge in [-0.2, -0.15) is 0 Å². The van der Waals surface area contributed by atoms with E-state index in [0.29, 0.717) is 25.3 Å². The lowest BCUT2D eigenvalue weighted by atomic mass is 10.1. The van der Waals surface area contributed by atoms with Crippen molar-refractivity contribution in [2.45, 2.75) is 20.4 Å². The molecular weight excluding hydrogens is 245 g/mol. The zero-order valence-corrected chi connectivity index (χ0v) is 11.6. The molecule has 0 saturated carbocycles. The topological polar surface area (TPSA) is 62.3 Å². The highest BCUT2D eigenvalue weighted by Gasteiger charge is 2.12. The molecule has 0 aliphatic heterocycles. The van der Waals surface area contributed by atoms with Crippen LogP contribution in [0.1, 0.15) is 25.0 Å². The van der Waals surface area contributed by atoms with Gasteiger partial charge in [0.25, 0.3) is 0 Å². The number of rotatable bonds is 8. The number of nitrogen functional groups attached to an aromatic ring is 1. The van der Waals surface area contributed by atoms with E-state index in [2.05, 4.69) is 4.90 Å². The van der Waals surface area contributed by atoms with E-state index in [1.807, 2.05) is 13.8 Å². The van der Waals surface area contributed by atoms with Gasteiger partial charge in [0.05, 0.1) is 12.2 Å². The number of likely N-dealkylation sites (N-methyl/N-ethyl adjacent to an activating group) is 1. The largest absolute Gasteiger partial charge is 0.384 e. The minimum Gasteiger partial charge on any atom is -0.384 e. The van der Waals surface area contributed by atoms with Gasteiger partial charge in [-0.25, -0.2) is 4.39 Å². The van der Waals surface area contributed by atoms with Crippen molar-refractivity contribution in [3.05, 3.63) is 35.1 Å². The summed E-state index contributed by atoms with van der Waals surface area (Å²) >= 11 is 0. The van der Waals surface area contributed by atoms with E-state index in [0.717, 1.165) is 13.1 Å². The lowest BCUT2D eigenvalue weighted by Crippen LogP contribution is -2.28. The molecule has 0 saturated heterocycles.